The number of hydrogen-bond acceptors (Lipinski definition) is 5. The van der Waals surface area contributed by atoms with Gasteiger partial charge in [-0.2, -0.15) is 0 Å². The molecule has 3 atom stereocenters. The number of aliphatic hydroxyl groups is 2. The molecule has 2 aliphatic carbocycles. The summed E-state index contributed by atoms with van der Waals surface area (Å²) in [4.78, 5) is 2.96. The molecule has 3 unspecified atom stereocenters. The second kappa shape index (κ2) is 7.69. The Balaban J connectivity index is 1.57. The topological polar surface area (TPSA) is 71.8 Å². The van der Waals surface area contributed by atoms with Gasteiger partial charge in [0.05, 0.1) is 17.4 Å². The smallest absolute Gasteiger partial charge is 0.310 e. The molecular weight excluding hydrogens is 529 g/mol. The Hall–Kier alpha value is -1.79. The number of aromatic nitrogens is 1. The highest BCUT2D eigenvalue weighted by Gasteiger charge is 2.65. The Morgan fingerprint density at radius 1 is 0.947 bits per heavy atom. The molecule has 11 heteroatoms. The fourth-order valence-corrected chi connectivity index (χ4v) is 7.59. The fourth-order valence-electron chi connectivity index (χ4n) is 6.94. The van der Waals surface area contributed by atoms with Crippen LogP contribution in [0.25, 0.3) is 0 Å². The van der Waals surface area contributed by atoms with Gasteiger partial charge in [0.1, 0.15) is 17.1 Å². The molecule has 2 fully saturated rings. The van der Waals surface area contributed by atoms with E-state index in [2.05, 4.69) is 0 Å². The zero-order chi connectivity index (χ0) is 27.4. The summed E-state index contributed by atoms with van der Waals surface area (Å²) in [6, 6.07) is 2.90. The number of pyridine rings is 1. The highest BCUT2D eigenvalue weighted by Crippen LogP contribution is 3.02. The first-order valence-electron chi connectivity index (χ1n) is 13.1. The maximum atomic E-state index is 13.4. The van der Waals surface area contributed by atoms with Crippen molar-refractivity contribution in [2.75, 3.05) is 13.2 Å². The van der Waals surface area contributed by atoms with Gasteiger partial charge in [0, 0.05) is 48.3 Å². The van der Waals surface area contributed by atoms with Crippen molar-refractivity contribution in [2.45, 2.75) is 87.1 Å². The van der Waals surface area contributed by atoms with Gasteiger partial charge < -0.3 is 19.7 Å². The number of rotatable bonds is 3. The van der Waals surface area contributed by atoms with Crippen molar-refractivity contribution in [3.63, 3.8) is 0 Å². The van der Waals surface area contributed by atoms with Crippen LogP contribution in [-0.4, -0.2) is 28.4 Å². The predicted molar refractivity (Wildman–Crippen MR) is 132 cm³/mol. The van der Waals surface area contributed by atoms with Crippen LogP contribution in [0.2, 0.25) is 0 Å². The van der Waals surface area contributed by atoms with Crippen LogP contribution in [0.1, 0.15) is 110 Å². The van der Waals surface area contributed by atoms with Crippen LogP contribution in [0.3, 0.4) is 0 Å². The van der Waals surface area contributed by atoms with E-state index in [1.54, 1.807) is 0 Å². The van der Waals surface area contributed by atoms with Gasteiger partial charge in [0.2, 0.25) is 0 Å². The molecule has 5 nitrogen and oxygen atoms in total. The van der Waals surface area contributed by atoms with Crippen LogP contribution in [-0.2, 0) is 15.1 Å². The van der Waals surface area contributed by atoms with Gasteiger partial charge in [-0.1, -0.05) is 51.8 Å². The molecule has 2 spiro atoms. The molecule has 2 aromatic rings. The minimum absolute atomic E-state index is 0.136. The maximum absolute atomic E-state index is 13.4. The third-order valence-corrected chi connectivity index (χ3v) is 10.2. The second-order valence-electron chi connectivity index (χ2n) is 11.7. The Bertz CT molecular complexity index is 1290. The fraction of sp³-hybridized carbons (Fsp3) is 0.593. The molecule has 1 aromatic heterocycles. The molecule has 3 heterocycles. The minimum atomic E-state index is -9.83. The largest absolute Gasteiger partial charge is 0.388 e. The quantitative estimate of drug-likeness (QED) is 0.377. The van der Waals surface area contributed by atoms with E-state index in [1.807, 2.05) is 13.8 Å². The lowest BCUT2D eigenvalue weighted by Gasteiger charge is -2.51. The van der Waals surface area contributed by atoms with E-state index in [0.717, 1.165) is 37.0 Å². The normalized spacial score (nSPS) is 29.5. The number of nitrogens with zero attached hydrogens (tertiary/aromatic N) is 1. The van der Waals surface area contributed by atoms with Gasteiger partial charge in [0.25, 0.3) is 0 Å². The van der Waals surface area contributed by atoms with Crippen LogP contribution in [0.4, 0.5) is 19.4 Å². The van der Waals surface area contributed by atoms with Crippen molar-refractivity contribution in [3.8, 4) is 0 Å². The highest BCUT2D eigenvalue weighted by atomic mass is 32.5. The van der Waals surface area contributed by atoms with Crippen molar-refractivity contribution in [2.24, 2.45) is 5.41 Å². The van der Waals surface area contributed by atoms with Crippen molar-refractivity contribution < 1.29 is 39.1 Å². The minimum Gasteiger partial charge on any atom is -0.388 e. The first-order valence-corrected chi connectivity index (χ1v) is 15.0. The molecule has 2 N–H and O–H groups in total. The summed E-state index contributed by atoms with van der Waals surface area (Å²) < 4.78 is 79.3. The van der Waals surface area contributed by atoms with Crippen LogP contribution in [0.5, 0.6) is 0 Å². The molecule has 2 aliphatic heterocycles. The monoisotopic (exact) mass is 561 g/mol. The summed E-state index contributed by atoms with van der Waals surface area (Å²) in [5.74, 6) is -0.136. The first kappa shape index (κ1) is 26.4. The van der Waals surface area contributed by atoms with Gasteiger partial charge >= 0.3 is 10.2 Å². The summed E-state index contributed by atoms with van der Waals surface area (Å²) in [5, 5.41) is 23.0. The number of halogens is 5. The molecule has 4 aliphatic rings. The summed E-state index contributed by atoms with van der Waals surface area (Å²) in [6.07, 6.45) is 1.28. The predicted octanol–water partition coefficient (Wildman–Crippen LogP) is 7.63. The van der Waals surface area contributed by atoms with E-state index >= 15 is 0 Å². The van der Waals surface area contributed by atoms with Crippen molar-refractivity contribution in [3.05, 3.63) is 57.9 Å². The highest BCUT2D eigenvalue weighted by molar-refractivity contribution is 8.45. The zero-order valence-electron chi connectivity index (χ0n) is 21.2. The Morgan fingerprint density at radius 3 is 2.11 bits per heavy atom. The standard InChI is InChI=1S/C27H32F5NO4S/c1-15(2)22-20-21(19-18(34)14-26(8-3-9-26)25(35)23(19)33-22)27(10-12-36-13-11-27)37-24(20)16-4-6-17(7-5-16)38(28,29,30,31)32/h4-7,15,18,24-25,34-35H,3,8-14H2,1-2H3. The lowest BCUT2D eigenvalue weighted by Crippen LogP contribution is -2.43. The van der Waals surface area contributed by atoms with E-state index < -0.39 is 44.4 Å². The number of hydrogen-bond donors (Lipinski definition) is 2. The van der Waals surface area contributed by atoms with Crippen molar-refractivity contribution in [1.82, 2.24) is 4.98 Å². The molecule has 1 saturated carbocycles. The average molecular weight is 562 g/mol. The lowest BCUT2D eigenvalue weighted by atomic mass is 9.57. The SMILES string of the molecule is CC(C)c1nc2c(c3c1C(c1ccc(S(F)(F)(F)(F)F)cc1)OC31CCOCC1)C(O)CC1(CCC1)C2O. The molecular formula is C27H32F5NO4S. The third-order valence-electron chi connectivity index (χ3n) is 8.99. The Morgan fingerprint density at radius 2 is 1.58 bits per heavy atom. The summed E-state index contributed by atoms with van der Waals surface area (Å²) >= 11 is 0. The van der Waals surface area contributed by atoms with Gasteiger partial charge in [-0.25, -0.2) is 0 Å². The summed E-state index contributed by atoms with van der Waals surface area (Å²) in [7, 11) is -9.83. The number of ether oxygens (including phenoxy) is 2. The van der Waals surface area contributed by atoms with E-state index in [-0.39, 0.29) is 5.92 Å². The van der Waals surface area contributed by atoms with Gasteiger partial charge in [0.15, 0.2) is 0 Å². The molecule has 0 amide bonds. The molecule has 6 rings (SSSR count). The summed E-state index contributed by atoms with van der Waals surface area (Å²) in [6.45, 7) is 4.63. The number of fused-ring (bicyclic) bond motifs is 4. The molecule has 0 bridgehead atoms. The molecule has 210 valence electrons. The molecule has 0 radical (unpaired) electrons. The van der Waals surface area contributed by atoms with E-state index in [0.29, 0.717) is 72.7 Å². The van der Waals surface area contributed by atoms with Gasteiger partial charge in [-0.3, -0.25) is 4.98 Å². The van der Waals surface area contributed by atoms with Crippen LogP contribution in [0, 0.1) is 5.41 Å². The molecule has 1 aromatic carbocycles. The first-order chi connectivity index (χ1) is 17.6. The lowest BCUT2D eigenvalue weighted by molar-refractivity contribution is -0.124. The van der Waals surface area contributed by atoms with Crippen molar-refractivity contribution in [1.29, 1.82) is 0 Å². The van der Waals surface area contributed by atoms with E-state index in [1.165, 1.54) is 0 Å². The molecule has 1 saturated heterocycles. The average Bonchev–Trinajstić information content (AvgIpc) is 3.12. The van der Waals surface area contributed by atoms with Crippen LogP contribution >= 0.6 is 10.2 Å². The summed E-state index contributed by atoms with van der Waals surface area (Å²) in [5.41, 5.74) is 1.99. The second-order valence-corrected chi connectivity index (χ2v) is 14.1. The van der Waals surface area contributed by atoms with Gasteiger partial charge in [-0.15, -0.1) is 0 Å². The Kier molecular flexibility index (Phi) is 5.35. The molecule has 38 heavy (non-hydrogen) atoms. The number of aliphatic hydroxyl groups excluding tert-OH is 2. The van der Waals surface area contributed by atoms with E-state index in [9.17, 15) is 29.6 Å². The maximum Gasteiger partial charge on any atom is 0.310 e. The Labute approximate surface area is 218 Å². The van der Waals surface area contributed by atoms with Crippen molar-refractivity contribution >= 4 is 10.2 Å². The van der Waals surface area contributed by atoms with Crippen LogP contribution in [0.15, 0.2) is 29.2 Å². The van der Waals surface area contributed by atoms with Crippen LogP contribution < -0.4 is 0 Å². The number of benzene rings is 1. The third kappa shape index (κ3) is 3.91. The van der Waals surface area contributed by atoms with Gasteiger partial charge in [-0.05, 0) is 48.4 Å². The van der Waals surface area contributed by atoms with E-state index in [4.69, 9.17) is 14.5 Å². The zero-order valence-corrected chi connectivity index (χ0v) is 22.0.